The van der Waals surface area contributed by atoms with Crippen LogP contribution in [0.3, 0.4) is 0 Å². The lowest BCUT2D eigenvalue weighted by Gasteiger charge is -2.01. The van der Waals surface area contributed by atoms with Gasteiger partial charge in [-0.05, 0) is 30.2 Å². The average Bonchev–Trinajstić information content (AvgIpc) is 1.94. The van der Waals surface area contributed by atoms with Crippen LogP contribution >= 0.6 is 24.0 Å². The van der Waals surface area contributed by atoms with Crippen molar-refractivity contribution in [2.45, 2.75) is 13.5 Å². The van der Waals surface area contributed by atoms with E-state index in [-0.39, 0.29) is 12.4 Å². The first kappa shape index (κ1) is 10.8. The molecule has 62 valence electrons. The van der Waals surface area contributed by atoms with Gasteiger partial charge in [0.1, 0.15) is 0 Å². The Labute approximate surface area is 78.0 Å². The fraction of sp³-hybridized carbons (Fsp3) is 0.250. The summed E-state index contributed by atoms with van der Waals surface area (Å²) < 4.78 is 0. The zero-order valence-corrected chi connectivity index (χ0v) is 7.88. The van der Waals surface area contributed by atoms with Crippen LogP contribution in [0.4, 0.5) is 0 Å². The predicted octanol–water partition coefficient (Wildman–Crippen LogP) is 2.53. The molecule has 0 aliphatic rings. The fourth-order valence-corrected chi connectivity index (χ4v) is 1.05. The normalized spacial score (nSPS) is 9.00. The standard InChI is InChI=1S/C8H10ClN.ClH/c1-6-2-3-8(9)4-7(6)5-10;/h2-4H,5,10H2,1H3;1H. The molecule has 1 nitrogen and oxygen atoms in total. The van der Waals surface area contributed by atoms with Crippen molar-refractivity contribution in [3.63, 3.8) is 0 Å². The topological polar surface area (TPSA) is 26.0 Å². The van der Waals surface area contributed by atoms with E-state index in [1.54, 1.807) is 0 Å². The summed E-state index contributed by atoms with van der Waals surface area (Å²) in [6, 6.07) is 5.75. The second-order valence-corrected chi connectivity index (χ2v) is 2.71. The third-order valence-electron chi connectivity index (χ3n) is 1.53. The van der Waals surface area contributed by atoms with Gasteiger partial charge in [-0.2, -0.15) is 0 Å². The Morgan fingerprint density at radius 3 is 2.55 bits per heavy atom. The van der Waals surface area contributed by atoms with Crippen LogP contribution in [0.2, 0.25) is 5.02 Å². The van der Waals surface area contributed by atoms with Gasteiger partial charge in [0, 0.05) is 11.6 Å². The molecule has 0 fully saturated rings. The lowest BCUT2D eigenvalue weighted by Crippen LogP contribution is -1.98. The van der Waals surface area contributed by atoms with Crippen LogP contribution in [0.1, 0.15) is 11.1 Å². The molecule has 0 saturated carbocycles. The Morgan fingerprint density at radius 2 is 2.09 bits per heavy atom. The quantitative estimate of drug-likeness (QED) is 0.726. The molecule has 0 saturated heterocycles. The van der Waals surface area contributed by atoms with Crippen molar-refractivity contribution in [1.29, 1.82) is 0 Å². The highest BCUT2D eigenvalue weighted by Crippen LogP contribution is 2.14. The van der Waals surface area contributed by atoms with E-state index in [1.807, 2.05) is 25.1 Å². The second kappa shape index (κ2) is 4.60. The zero-order chi connectivity index (χ0) is 7.56. The van der Waals surface area contributed by atoms with Gasteiger partial charge in [0.05, 0.1) is 0 Å². The van der Waals surface area contributed by atoms with Gasteiger partial charge in [-0.3, -0.25) is 0 Å². The first-order chi connectivity index (χ1) is 4.74. The molecule has 0 unspecified atom stereocenters. The summed E-state index contributed by atoms with van der Waals surface area (Å²) in [6.07, 6.45) is 0. The Morgan fingerprint density at radius 1 is 1.45 bits per heavy atom. The largest absolute Gasteiger partial charge is 0.326 e. The van der Waals surface area contributed by atoms with Crippen LogP contribution < -0.4 is 5.73 Å². The summed E-state index contributed by atoms with van der Waals surface area (Å²) in [4.78, 5) is 0. The summed E-state index contributed by atoms with van der Waals surface area (Å²) in [5, 5.41) is 0.756. The minimum atomic E-state index is 0. The number of hydrogen-bond acceptors (Lipinski definition) is 1. The minimum Gasteiger partial charge on any atom is -0.326 e. The molecule has 1 aromatic carbocycles. The Hall–Kier alpha value is -0.240. The second-order valence-electron chi connectivity index (χ2n) is 2.27. The van der Waals surface area contributed by atoms with Gasteiger partial charge in [-0.25, -0.2) is 0 Å². The molecule has 0 aliphatic heterocycles. The molecule has 0 radical (unpaired) electrons. The smallest absolute Gasteiger partial charge is 0.0409 e. The van der Waals surface area contributed by atoms with Crippen molar-refractivity contribution >= 4 is 24.0 Å². The molecule has 0 aliphatic carbocycles. The Bertz CT molecular complexity index is 236. The summed E-state index contributed by atoms with van der Waals surface area (Å²) in [7, 11) is 0. The molecule has 0 bridgehead atoms. The SMILES string of the molecule is Cc1ccc(Cl)cc1CN.Cl. The molecule has 0 atom stereocenters. The Kier molecular flexibility index (Phi) is 4.50. The fourth-order valence-electron chi connectivity index (χ4n) is 0.860. The van der Waals surface area contributed by atoms with E-state index < -0.39 is 0 Å². The molecule has 0 heterocycles. The molecule has 1 rings (SSSR count). The van der Waals surface area contributed by atoms with Crippen LogP contribution in [-0.2, 0) is 6.54 Å². The van der Waals surface area contributed by atoms with Gasteiger partial charge < -0.3 is 5.73 Å². The van der Waals surface area contributed by atoms with E-state index in [0.29, 0.717) is 6.54 Å². The highest BCUT2D eigenvalue weighted by Gasteiger charge is 1.94. The maximum atomic E-state index is 5.74. The summed E-state index contributed by atoms with van der Waals surface area (Å²) >= 11 is 5.74. The maximum absolute atomic E-state index is 5.74. The van der Waals surface area contributed by atoms with E-state index in [4.69, 9.17) is 17.3 Å². The van der Waals surface area contributed by atoms with Gasteiger partial charge >= 0.3 is 0 Å². The van der Waals surface area contributed by atoms with Crippen molar-refractivity contribution in [2.75, 3.05) is 0 Å². The number of hydrogen-bond donors (Lipinski definition) is 1. The first-order valence-electron chi connectivity index (χ1n) is 3.19. The highest BCUT2D eigenvalue weighted by molar-refractivity contribution is 6.30. The number of halogens is 2. The maximum Gasteiger partial charge on any atom is 0.0409 e. The lowest BCUT2D eigenvalue weighted by atomic mass is 10.1. The van der Waals surface area contributed by atoms with E-state index in [2.05, 4.69) is 0 Å². The van der Waals surface area contributed by atoms with Crippen molar-refractivity contribution in [3.05, 3.63) is 34.3 Å². The molecular formula is C8H11Cl2N. The van der Waals surface area contributed by atoms with Gasteiger partial charge in [0.25, 0.3) is 0 Å². The van der Waals surface area contributed by atoms with Gasteiger partial charge in [0.15, 0.2) is 0 Å². The van der Waals surface area contributed by atoms with Crippen molar-refractivity contribution < 1.29 is 0 Å². The van der Waals surface area contributed by atoms with Crippen LogP contribution in [0.25, 0.3) is 0 Å². The third kappa shape index (κ3) is 2.70. The predicted molar refractivity (Wildman–Crippen MR) is 51.3 cm³/mol. The number of nitrogens with two attached hydrogens (primary N) is 1. The van der Waals surface area contributed by atoms with Gasteiger partial charge in [-0.1, -0.05) is 17.7 Å². The van der Waals surface area contributed by atoms with E-state index in [0.717, 1.165) is 10.6 Å². The van der Waals surface area contributed by atoms with E-state index in [1.165, 1.54) is 5.56 Å². The molecule has 2 N–H and O–H groups in total. The van der Waals surface area contributed by atoms with E-state index in [9.17, 15) is 0 Å². The van der Waals surface area contributed by atoms with Crippen LogP contribution in [-0.4, -0.2) is 0 Å². The van der Waals surface area contributed by atoms with Crippen molar-refractivity contribution in [1.82, 2.24) is 0 Å². The zero-order valence-electron chi connectivity index (χ0n) is 6.30. The summed E-state index contributed by atoms with van der Waals surface area (Å²) in [5.41, 5.74) is 7.78. The monoisotopic (exact) mass is 191 g/mol. The summed E-state index contributed by atoms with van der Waals surface area (Å²) in [6.45, 7) is 2.59. The molecule has 0 amide bonds. The molecule has 3 heteroatoms. The van der Waals surface area contributed by atoms with E-state index >= 15 is 0 Å². The molecule has 11 heavy (non-hydrogen) atoms. The van der Waals surface area contributed by atoms with Crippen molar-refractivity contribution in [2.24, 2.45) is 5.73 Å². The number of benzene rings is 1. The Balaban J connectivity index is 0.000001000. The average molecular weight is 192 g/mol. The van der Waals surface area contributed by atoms with Gasteiger partial charge in [-0.15, -0.1) is 12.4 Å². The highest BCUT2D eigenvalue weighted by atomic mass is 35.5. The van der Waals surface area contributed by atoms with Crippen molar-refractivity contribution in [3.8, 4) is 0 Å². The molecule has 0 spiro atoms. The minimum absolute atomic E-state index is 0. The molecular weight excluding hydrogens is 181 g/mol. The lowest BCUT2D eigenvalue weighted by molar-refractivity contribution is 1.05. The number of rotatable bonds is 1. The summed E-state index contributed by atoms with van der Waals surface area (Å²) in [5.74, 6) is 0. The van der Waals surface area contributed by atoms with Gasteiger partial charge in [0.2, 0.25) is 0 Å². The van der Waals surface area contributed by atoms with Crippen LogP contribution in [0.15, 0.2) is 18.2 Å². The number of aryl methyl sites for hydroxylation is 1. The van der Waals surface area contributed by atoms with Crippen LogP contribution in [0, 0.1) is 6.92 Å². The molecule has 1 aromatic rings. The van der Waals surface area contributed by atoms with Crippen LogP contribution in [0.5, 0.6) is 0 Å². The third-order valence-corrected chi connectivity index (χ3v) is 1.77. The molecule has 0 aromatic heterocycles. The first-order valence-corrected chi connectivity index (χ1v) is 3.57.